The topological polar surface area (TPSA) is 99.6 Å². The van der Waals surface area contributed by atoms with Crippen LogP contribution in [0.15, 0.2) is 0 Å². The summed E-state index contributed by atoms with van der Waals surface area (Å²) in [7, 11) is 9.75. The molecule has 0 heterocycles. The van der Waals surface area contributed by atoms with Gasteiger partial charge in [0, 0.05) is 0 Å². The van der Waals surface area contributed by atoms with E-state index in [4.69, 9.17) is 30.5 Å². The number of hydrogen-bond acceptors (Lipinski definition) is 2. The molecule has 7 heavy (non-hydrogen) atoms. The van der Waals surface area contributed by atoms with E-state index in [0.717, 1.165) is 0 Å². The van der Waals surface area contributed by atoms with Crippen LogP contribution in [0.1, 0.15) is 0 Å². The maximum absolute atomic E-state index is 5.25. The summed E-state index contributed by atoms with van der Waals surface area (Å²) in [5.41, 5.74) is 0. The minimum atomic E-state index is -0.472. The summed E-state index contributed by atoms with van der Waals surface area (Å²) in [4.78, 5) is 0. The van der Waals surface area contributed by atoms with E-state index in [1.165, 1.54) is 0 Å². The third kappa shape index (κ3) is 151. The van der Waals surface area contributed by atoms with Gasteiger partial charge in [0.25, 0.3) is 0 Å². The Labute approximate surface area is 58.8 Å². The van der Waals surface area contributed by atoms with Gasteiger partial charge < -0.3 is 23.4 Å². The van der Waals surface area contributed by atoms with Crippen LogP contribution in [-0.4, -0.2) is 0 Å². The first-order valence-electron chi connectivity index (χ1n) is 0.816. The standard InChI is InChI=1S/2ClH.2H3N2.Pt/c;;2*1-2;/h2*1H;2*1H,2H2;/q;;2*-1;+4/p-2. The molecule has 0 aliphatic carbocycles. The minimum absolute atomic E-state index is 0.472. The second-order valence-electron chi connectivity index (χ2n) is 0.0452. The van der Waals surface area contributed by atoms with E-state index >= 15 is 0 Å². The monoisotopic (exact) mass is 327 g/mol. The average molecular weight is 328 g/mol. The fourth-order valence-corrected chi connectivity index (χ4v) is 0. The maximum Gasteiger partial charge on any atom is -0.438 e. The Morgan fingerprint density at radius 1 is 1.00 bits per heavy atom. The second kappa shape index (κ2) is 59.7. The first-order chi connectivity index (χ1) is 3.41. The Morgan fingerprint density at radius 2 is 1.00 bits per heavy atom. The number of halogens is 2. The number of rotatable bonds is 0. The molecular formula is H6Cl2N4Pt. The van der Waals surface area contributed by atoms with E-state index < -0.39 is 16.5 Å². The number of nitrogens with two attached hydrogens (primary N) is 2. The summed E-state index contributed by atoms with van der Waals surface area (Å²) in [5, 5.41) is 0. The van der Waals surface area contributed by atoms with Gasteiger partial charge in [-0.25, -0.2) is 0 Å². The molecule has 4 nitrogen and oxygen atoms in total. The van der Waals surface area contributed by atoms with Crippen molar-refractivity contribution in [3.63, 3.8) is 0 Å². The van der Waals surface area contributed by atoms with Gasteiger partial charge in [0.2, 0.25) is 0 Å². The largest absolute Gasteiger partial charge is 0.615 e. The molecule has 0 aromatic heterocycles. The smallest absolute Gasteiger partial charge is 0.438 e. The van der Waals surface area contributed by atoms with Gasteiger partial charge in [0.15, 0.2) is 0 Å². The zero-order valence-corrected chi connectivity index (χ0v) is 7.01. The van der Waals surface area contributed by atoms with Crippen molar-refractivity contribution in [1.82, 2.24) is 0 Å². The molecule has 0 spiro atoms. The van der Waals surface area contributed by atoms with Gasteiger partial charge in [-0.1, -0.05) is 0 Å². The van der Waals surface area contributed by atoms with Crippen molar-refractivity contribution in [3.05, 3.63) is 11.7 Å². The Bertz CT molecular complexity index is 9.65. The van der Waals surface area contributed by atoms with E-state index in [9.17, 15) is 0 Å². The van der Waals surface area contributed by atoms with E-state index in [1.807, 2.05) is 0 Å². The number of hydrogen-bond donors (Lipinski definition) is 2. The van der Waals surface area contributed by atoms with E-state index in [1.54, 1.807) is 0 Å². The molecule has 0 aliphatic rings. The zero-order valence-electron chi connectivity index (χ0n) is 3.23. The van der Waals surface area contributed by atoms with Crippen molar-refractivity contribution in [2.45, 2.75) is 0 Å². The van der Waals surface area contributed by atoms with Crippen LogP contribution in [0.4, 0.5) is 0 Å². The molecule has 0 aliphatic heterocycles. The Hall–Kier alpha value is 1.11. The molecule has 0 bridgehead atoms. The molecular weight excluding hydrogens is 322 g/mol. The van der Waals surface area contributed by atoms with Crippen LogP contribution < -0.4 is 11.7 Å². The molecule has 0 atom stereocenters. The first kappa shape index (κ1) is 15.7. The first-order valence-corrected chi connectivity index (χ1v) is 6.45. The van der Waals surface area contributed by atoms with Crippen LogP contribution in [0.25, 0.3) is 11.7 Å². The molecule has 0 saturated carbocycles. The zero-order chi connectivity index (χ0) is 6.71. The molecule has 0 aromatic carbocycles. The van der Waals surface area contributed by atoms with Crippen LogP contribution in [0.3, 0.4) is 0 Å². The van der Waals surface area contributed by atoms with Crippen molar-refractivity contribution >= 4 is 18.8 Å². The molecule has 0 fully saturated rings. The van der Waals surface area contributed by atoms with Gasteiger partial charge >= 0.3 is 35.3 Å². The van der Waals surface area contributed by atoms with Crippen LogP contribution in [0.5, 0.6) is 0 Å². The summed E-state index contributed by atoms with van der Waals surface area (Å²) in [5.74, 6) is 18.0. The normalized spacial score (nSPS) is 4.86. The van der Waals surface area contributed by atoms with Gasteiger partial charge in [-0.15, -0.1) is 0 Å². The van der Waals surface area contributed by atoms with Crippen molar-refractivity contribution in [2.24, 2.45) is 11.7 Å². The van der Waals surface area contributed by atoms with Crippen LogP contribution in [-0.2, 0) is 16.5 Å². The molecule has 6 N–H and O–H groups in total. The molecule has 0 aromatic rings. The van der Waals surface area contributed by atoms with Crippen LogP contribution >= 0.6 is 18.8 Å². The van der Waals surface area contributed by atoms with E-state index in [-0.39, 0.29) is 0 Å². The molecule has 0 saturated heterocycles. The molecule has 0 unspecified atom stereocenters. The Kier molecular flexibility index (Phi) is 134. The molecule has 50 valence electrons. The van der Waals surface area contributed by atoms with Crippen molar-refractivity contribution < 1.29 is 16.5 Å². The summed E-state index contributed by atoms with van der Waals surface area (Å²) in [6, 6.07) is 0. The average Bonchev–Trinajstić information content (AvgIpc) is 1.78. The van der Waals surface area contributed by atoms with Crippen molar-refractivity contribution in [2.75, 3.05) is 0 Å². The predicted octanol–water partition coefficient (Wildman–Crippen LogP) is 1.20. The van der Waals surface area contributed by atoms with Gasteiger partial charge in [-0.3, -0.25) is 0 Å². The Morgan fingerprint density at radius 3 is 1.00 bits per heavy atom. The Balaban J connectivity index is -0.0000000360. The van der Waals surface area contributed by atoms with Crippen LogP contribution in [0, 0.1) is 0 Å². The van der Waals surface area contributed by atoms with Gasteiger partial charge in [0.1, 0.15) is 0 Å². The molecule has 0 rings (SSSR count). The quantitative estimate of drug-likeness (QED) is 0.516. The van der Waals surface area contributed by atoms with Crippen LogP contribution in [0.2, 0.25) is 0 Å². The summed E-state index contributed by atoms with van der Waals surface area (Å²) in [6.07, 6.45) is 0. The fraction of sp³-hybridized carbons (Fsp3) is 0. The van der Waals surface area contributed by atoms with E-state index in [2.05, 4.69) is 11.7 Å². The summed E-state index contributed by atoms with van der Waals surface area (Å²) < 4.78 is 0. The predicted molar refractivity (Wildman–Crippen MR) is 28.7 cm³/mol. The van der Waals surface area contributed by atoms with Gasteiger partial charge in [-0.05, 0) is 0 Å². The van der Waals surface area contributed by atoms with Crippen molar-refractivity contribution in [1.29, 1.82) is 0 Å². The second-order valence-corrected chi connectivity index (χ2v) is 3.33. The number of nitrogens with one attached hydrogen (secondary N) is 2. The summed E-state index contributed by atoms with van der Waals surface area (Å²) in [6.45, 7) is 0. The fourth-order valence-electron chi connectivity index (χ4n) is 0. The minimum Gasteiger partial charge on any atom is -0.615 e. The molecule has 7 heteroatoms. The van der Waals surface area contributed by atoms with Gasteiger partial charge in [-0.2, -0.15) is 0 Å². The SMILES string of the molecule is [Cl][Pt+2][Cl].[NH-]N.[NH-]N. The molecule has 0 amide bonds. The molecule has 0 radical (unpaired) electrons. The maximum atomic E-state index is 5.25. The summed E-state index contributed by atoms with van der Waals surface area (Å²) >= 11 is -0.472. The van der Waals surface area contributed by atoms with Crippen molar-refractivity contribution in [3.8, 4) is 0 Å². The third-order valence-electron chi connectivity index (χ3n) is 0. The van der Waals surface area contributed by atoms with E-state index in [0.29, 0.717) is 0 Å². The third-order valence-corrected chi connectivity index (χ3v) is 0. The van der Waals surface area contributed by atoms with Gasteiger partial charge in [0.05, 0.1) is 0 Å².